The van der Waals surface area contributed by atoms with Crippen LogP contribution in [0.3, 0.4) is 0 Å². The number of nitrogens with zero attached hydrogens (tertiary/aromatic N) is 3. The van der Waals surface area contributed by atoms with Crippen molar-refractivity contribution in [2.24, 2.45) is 0 Å². The molecule has 2 aromatic heterocycles. The van der Waals surface area contributed by atoms with Crippen LogP contribution in [0.15, 0.2) is 55.0 Å². The number of nitrogens with one attached hydrogen (secondary N) is 1. The Balaban J connectivity index is 1.35. The maximum absolute atomic E-state index is 12.9. The molecule has 0 radical (unpaired) electrons. The van der Waals surface area contributed by atoms with Gasteiger partial charge in [-0.05, 0) is 29.8 Å². The molecule has 1 aliphatic heterocycles. The summed E-state index contributed by atoms with van der Waals surface area (Å²) in [4.78, 5) is 30.3. The Labute approximate surface area is 178 Å². The van der Waals surface area contributed by atoms with Gasteiger partial charge < -0.3 is 19.1 Å². The zero-order valence-electron chi connectivity index (χ0n) is 17.0. The number of aromatic amines is 1. The third-order valence-electron chi connectivity index (χ3n) is 4.94. The fourth-order valence-electron chi connectivity index (χ4n) is 3.31. The van der Waals surface area contributed by atoms with Crippen LogP contribution in [0.5, 0.6) is 5.75 Å². The summed E-state index contributed by atoms with van der Waals surface area (Å²) in [7, 11) is 1.31. The Bertz CT molecular complexity index is 1040. The number of aromatic nitrogens is 3. The average Bonchev–Trinajstić information content (AvgIpc) is 3.37. The largest absolute Gasteiger partial charge is 0.489 e. The molecular weight excluding hydrogens is 400 g/mol. The molecule has 1 saturated heterocycles. The standard InChI is InChI=1S/C22H22N4O5/c1-29-22(28)17-10-18(12-23-11-17)31-14-19-13-26(8-9-30-19)21(27)16-4-2-15(3-5-16)20-6-7-24-25-20/h2-7,10-12,19H,8-9,13-14H2,1H3,(H,24,25). The lowest BCUT2D eigenvalue weighted by molar-refractivity contribution is -0.0401. The summed E-state index contributed by atoms with van der Waals surface area (Å²) in [6.45, 7) is 1.57. The van der Waals surface area contributed by atoms with Gasteiger partial charge in [-0.2, -0.15) is 5.10 Å². The van der Waals surface area contributed by atoms with Crippen molar-refractivity contribution < 1.29 is 23.8 Å². The number of rotatable bonds is 6. The molecule has 0 spiro atoms. The van der Waals surface area contributed by atoms with Crippen LogP contribution in [0.4, 0.5) is 0 Å². The highest BCUT2D eigenvalue weighted by Gasteiger charge is 2.25. The summed E-state index contributed by atoms with van der Waals surface area (Å²) in [6.07, 6.45) is 4.32. The fraction of sp³-hybridized carbons (Fsp3) is 0.273. The van der Waals surface area contributed by atoms with Crippen molar-refractivity contribution in [2.45, 2.75) is 6.10 Å². The molecule has 1 amide bonds. The van der Waals surface area contributed by atoms with Gasteiger partial charge in [-0.3, -0.25) is 14.9 Å². The number of methoxy groups -OCH3 is 1. The molecule has 9 heteroatoms. The van der Waals surface area contributed by atoms with Crippen molar-refractivity contribution >= 4 is 11.9 Å². The van der Waals surface area contributed by atoms with Crippen LogP contribution in [0, 0.1) is 0 Å². The van der Waals surface area contributed by atoms with Crippen molar-refractivity contribution in [3.8, 4) is 17.0 Å². The molecule has 3 aromatic rings. The van der Waals surface area contributed by atoms with Crippen molar-refractivity contribution in [1.29, 1.82) is 0 Å². The molecule has 31 heavy (non-hydrogen) atoms. The molecule has 0 bridgehead atoms. The lowest BCUT2D eigenvalue weighted by Gasteiger charge is -2.33. The zero-order chi connectivity index (χ0) is 21.6. The highest BCUT2D eigenvalue weighted by molar-refractivity contribution is 5.94. The normalized spacial score (nSPS) is 16.0. The summed E-state index contributed by atoms with van der Waals surface area (Å²) in [6, 6.07) is 10.8. The van der Waals surface area contributed by atoms with Gasteiger partial charge in [0.15, 0.2) is 0 Å². The van der Waals surface area contributed by atoms with Gasteiger partial charge in [0.05, 0.1) is 37.7 Å². The number of hydrogen-bond acceptors (Lipinski definition) is 7. The van der Waals surface area contributed by atoms with Crippen molar-refractivity contribution in [3.05, 3.63) is 66.1 Å². The quantitative estimate of drug-likeness (QED) is 0.607. The van der Waals surface area contributed by atoms with Gasteiger partial charge in [0, 0.05) is 24.5 Å². The predicted octanol–water partition coefficient (Wildman–Crippen LogP) is 2.18. The highest BCUT2D eigenvalue weighted by atomic mass is 16.5. The number of carbonyl (C=O) groups excluding carboxylic acids is 2. The molecule has 1 fully saturated rings. The number of hydrogen-bond donors (Lipinski definition) is 1. The van der Waals surface area contributed by atoms with E-state index in [0.717, 1.165) is 11.3 Å². The van der Waals surface area contributed by atoms with Gasteiger partial charge in [-0.25, -0.2) is 4.79 Å². The van der Waals surface area contributed by atoms with Gasteiger partial charge in [0.1, 0.15) is 18.5 Å². The second-order valence-electron chi connectivity index (χ2n) is 7.00. The van der Waals surface area contributed by atoms with E-state index in [9.17, 15) is 9.59 Å². The van der Waals surface area contributed by atoms with E-state index in [1.807, 2.05) is 30.3 Å². The van der Waals surface area contributed by atoms with Crippen molar-refractivity contribution in [3.63, 3.8) is 0 Å². The molecular formula is C22H22N4O5. The Kier molecular flexibility index (Phi) is 6.23. The zero-order valence-corrected chi connectivity index (χ0v) is 17.0. The summed E-state index contributed by atoms with van der Waals surface area (Å²) in [5.74, 6) is -0.106. The molecule has 1 aliphatic rings. The molecule has 9 nitrogen and oxygen atoms in total. The molecule has 1 aromatic carbocycles. The number of morpholine rings is 1. The second kappa shape index (κ2) is 9.40. The molecule has 0 saturated carbocycles. The van der Waals surface area contributed by atoms with Crippen LogP contribution < -0.4 is 4.74 Å². The van der Waals surface area contributed by atoms with E-state index in [4.69, 9.17) is 9.47 Å². The van der Waals surface area contributed by atoms with E-state index < -0.39 is 5.97 Å². The van der Waals surface area contributed by atoms with E-state index in [-0.39, 0.29) is 18.6 Å². The van der Waals surface area contributed by atoms with Crippen molar-refractivity contribution in [2.75, 3.05) is 33.4 Å². The molecule has 1 unspecified atom stereocenters. The maximum Gasteiger partial charge on any atom is 0.339 e. The van der Waals surface area contributed by atoms with Crippen LogP contribution in [-0.4, -0.2) is 71.5 Å². The third kappa shape index (κ3) is 4.89. The molecule has 1 N–H and O–H groups in total. The van der Waals surface area contributed by atoms with Crippen molar-refractivity contribution in [1.82, 2.24) is 20.1 Å². The number of esters is 1. The van der Waals surface area contributed by atoms with E-state index in [1.165, 1.54) is 19.5 Å². The molecule has 4 rings (SSSR count). The molecule has 0 aliphatic carbocycles. The topological polar surface area (TPSA) is 107 Å². The predicted molar refractivity (Wildman–Crippen MR) is 111 cm³/mol. The SMILES string of the molecule is COC(=O)c1cncc(OCC2CN(C(=O)c3ccc(-c4ccn[nH]4)cc3)CCO2)c1. The Morgan fingerprint density at radius 3 is 2.77 bits per heavy atom. The molecule has 3 heterocycles. The van der Waals surface area contributed by atoms with Gasteiger partial charge in [0.2, 0.25) is 0 Å². The number of carbonyl (C=O) groups is 2. The molecule has 1 atom stereocenters. The monoisotopic (exact) mass is 422 g/mol. The number of pyridine rings is 1. The third-order valence-corrected chi connectivity index (χ3v) is 4.94. The lowest BCUT2D eigenvalue weighted by atomic mass is 10.1. The number of amides is 1. The summed E-state index contributed by atoms with van der Waals surface area (Å²) in [5, 5.41) is 6.85. The van der Waals surface area contributed by atoms with Gasteiger partial charge in [-0.15, -0.1) is 0 Å². The minimum absolute atomic E-state index is 0.0567. The number of H-pyrrole nitrogens is 1. The van der Waals surface area contributed by atoms with Crippen LogP contribution in [0.25, 0.3) is 11.3 Å². The van der Waals surface area contributed by atoms with Crippen LogP contribution in [0.2, 0.25) is 0 Å². The van der Waals surface area contributed by atoms with Gasteiger partial charge in [-0.1, -0.05) is 12.1 Å². The Hall–Kier alpha value is -3.72. The second-order valence-corrected chi connectivity index (χ2v) is 7.00. The maximum atomic E-state index is 12.9. The number of benzene rings is 1. The summed E-state index contributed by atoms with van der Waals surface area (Å²) < 4.78 is 16.2. The summed E-state index contributed by atoms with van der Waals surface area (Å²) >= 11 is 0. The molecule has 160 valence electrons. The average molecular weight is 422 g/mol. The van der Waals surface area contributed by atoms with Crippen LogP contribution in [-0.2, 0) is 9.47 Å². The Morgan fingerprint density at radius 1 is 1.19 bits per heavy atom. The minimum Gasteiger partial charge on any atom is -0.489 e. The summed E-state index contributed by atoms with van der Waals surface area (Å²) in [5.41, 5.74) is 2.78. The first-order valence-electron chi connectivity index (χ1n) is 9.81. The first kappa shape index (κ1) is 20.5. The van der Waals surface area contributed by atoms with E-state index in [2.05, 4.69) is 19.9 Å². The smallest absolute Gasteiger partial charge is 0.339 e. The van der Waals surface area contributed by atoms with Crippen LogP contribution in [0.1, 0.15) is 20.7 Å². The van der Waals surface area contributed by atoms with E-state index >= 15 is 0 Å². The Morgan fingerprint density at radius 2 is 2.03 bits per heavy atom. The van der Waals surface area contributed by atoms with Gasteiger partial charge in [0.25, 0.3) is 5.91 Å². The first-order valence-corrected chi connectivity index (χ1v) is 9.81. The van der Waals surface area contributed by atoms with Crippen LogP contribution >= 0.6 is 0 Å². The first-order chi connectivity index (χ1) is 15.1. The highest BCUT2D eigenvalue weighted by Crippen LogP contribution is 2.19. The van der Waals surface area contributed by atoms with E-state index in [1.54, 1.807) is 17.2 Å². The van der Waals surface area contributed by atoms with Gasteiger partial charge >= 0.3 is 5.97 Å². The fourth-order valence-corrected chi connectivity index (χ4v) is 3.31. The minimum atomic E-state index is -0.484. The number of ether oxygens (including phenoxy) is 3. The lowest BCUT2D eigenvalue weighted by Crippen LogP contribution is -2.47. The van der Waals surface area contributed by atoms with E-state index in [0.29, 0.717) is 36.6 Å².